The second-order valence-corrected chi connectivity index (χ2v) is 16.7. The number of aliphatic hydroxyl groups is 1. The fourth-order valence-corrected chi connectivity index (χ4v) is 5.51. The summed E-state index contributed by atoms with van der Waals surface area (Å²) in [6, 6.07) is -1.92. The Hall–Kier alpha value is -3.84. The number of hydrogen-bond donors (Lipinski definition) is 3. The molecule has 17 nitrogen and oxygen atoms in total. The van der Waals surface area contributed by atoms with Crippen molar-refractivity contribution in [2.24, 2.45) is 4.99 Å². The molecular formula is C27H36F6N4O13Si. The minimum atomic E-state index is -5.37. The Labute approximate surface area is 285 Å². The molecule has 0 saturated carbocycles. The Morgan fingerprint density at radius 1 is 1.06 bits per heavy atom. The highest BCUT2D eigenvalue weighted by Crippen LogP contribution is 2.31. The van der Waals surface area contributed by atoms with Crippen molar-refractivity contribution in [3.05, 3.63) is 32.6 Å². The van der Waals surface area contributed by atoms with E-state index >= 15 is 0 Å². The van der Waals surface area contributed by atoms with Gasteiger partial charge in [0.15, 0.2) is 33.2 Å². The van der Waals surface area contributed by atoms with Crippen molar-refractivity contribution in [1.82, 2.24) is 14.9 Å². The molecule has 0 bridgehead atoms. The number of carbonyl (C=O) groups is 3. The van der Waals surface area contributed by atoms with Crippen molar-refractivity contribution in [2.75, 3.05) is 13.2 Å². The van der Waals surface area contributed by atoms with Gasteiger partial charge in [0.1, 0.15) is 24.5 Å². The highest BCUT2D eigenvalue weighted by Gasteiger charge is 2.51. The molecule has 0 spiro atoms. The average molecular weight is 767 g/mol. The number of ether oxygens (including phenoxy) is 6. The van der Waals surface area contributed by atoms with Gasteiger partial charge in [-0.1, -0.05) is 0 Å². The molecular weight excluding hydrogens is 730 g/mol. The molecule has 3 heterocycles. The topological polar surface area (TPSA) is 215 Å². The van der Waals surface area contributed by atoms with Crippen molar-refractivity contribution in [3.63, 3.8) is 0 Å². The predicted molar refractivity (Wildman–Crippen MR) is 158 cm³/mol. The van der Waals surface area contributed by atoms with E-state index in [9.17, 15) is 55.4 Å². The number of nitrogens with one attached hydrogen (secondary N) is 2. The summed E-state index contributed by atoms with van der Waals surface area (Å²) in [5, 5.41) is 12.0. The molecule has 1 amide bonds. The Morgan fingerprint density at radius 3 is 2.25 bits per heavy atom. The lowest BCUT2D eigenvalue weighted by atomic mass is 9.96. The van der Waals surface area contributed by atoms with Gasteiger partial charge < -0.3 is 43.3 Å². The lowest BCUT2D eigenvalue weighted by molar-refractivity contribution is -0.282. The number of aliphatic imine (C=N–C) groups is 1. The number of aromatic amines is 1. The second kappa shape index (κ2) is 16.7. The van der Waals surface area contributed by atoms with E-state index in [0.29, 0.717) is 0 Å². The van der Waals surface area contributed by atoms with E-state index in [1.165, 1.54) is 5.32 Å². The van der Waals surface area contributed by atoms with E-state index in [-0.39, 0.29) is 25.0 Å². The van der Waals surface area contributed by atoms with E-state index in [2.05, 4.69) is 9.73 Å². The van der Waals surface area contributed by atoms with Crippen molar-refractivity contribution >= 4 is 32.6 Å². The molecule has 0 aromatic carbocycles. The third-order valence-corrected chi connectivity index (χ3v) is 8.03. The van der Waals surface area contributed by atoms with Crippen LogP contribution in [-0.2, 0) is 53.8 Å². The third kappa shape index (κ3) is 12.4. The Bertz CT molecular complexity index is 1550. The zero-order valence-electron chi connectivity index (χ0n) is 27.6. The van der Waals surface area contributed by atoms with Crippen LogP contribution in [0.25, 0.3) is 0 Å². The highest BCUT2D eigenvalue weighted by molar-refractivity contribution is 6.69. The Kier molecular flexibility index (Phi) is 13.6. The summed E-state index contributed by atoms with van der Waals surface area (Å²) in [6.07, 6.45) is -20.5. The zero-order valence-corrected chi connectivity index (χ0v) is 28.6. The van der Waals surface area contributed by atoms with Crippen LogP contribution >= 0.6 is 0 Å². The van der Waals surface area contributed by atoms with Gasteiger partial charge in [0.05, 0.1) is 24.9 Å². The molecule has 1 aromatic rings. The minimum Gasteiger partial charge on any atom is -0.456 e. The maximum Gasteiger partial charge on any atom is 0.573 e. The van der Waals surface area contributed by atoms with E-state index < -0.39 is 112 Å². The number of rotatable bonds is 13. The molecule has 0 radical (unpaired) electrons. The van der Waals surface area contributed by atoms with Crippen LogP contribution in [0.15, 0.2) is 20.8 Å². The fraction of sp³-hybridized carbons (Fsp3) is 0.704. The maximum absolute atomic E-state index is 12.9. The van der Waals surface area contributed by atoms with Gasteiger partial charge in [-0.05, 0) is 19.6 Å². The van der Waals surface area contributed by atoms with Gasteiger partial charge in [-0.25, -0.2) is 9.79 Å². The summed E-state index contributed by atoms with van der Waals surface area (Å²) in [5.41, 5.74) is -2.30. The van der Waals surface area contributed by atoms with Gasteiger partial charge in [-0.2, -0.15) is 13.2 Å². The van der Waals surface area contributed by atoms with Crippen LogP contribution in [0.2, 0.25) is 19.6 Å². The molecule has 3 rings (SSSR count). The van der Waals surface area contributed by atoms with Crippen molar-refractivity contribution in [2.45, 2.75) is 108 Å². The smallest absolute Gasteiger partial charge is 0.456 e. The van der Waals surface area contributed by atoms with Gasteiger partial charge in [0.25, 0.3) is 5.56 Å². The molecule has 0 unspecified atom stereocenters. The first kappa shape index (κ1) is 41.6. The zero-order chi connectivity index (χ0) is 38.5. The first-order chi connectivity index (χ1) is 23.4. The van der Waals surface area contributed by atoms with Crippen molar-refractivity contribution < 1.29 is 78.7 Å². The molecule has 24 heteroatoms. The van der Waals surface area contributed by atoms with Gasteiger partial charge in [-0.3, -0.25) is 28.7 Å². The normalized spacial score (nSPS) is 27.3. The number of halogens is 6. The summed E-state index contributed by atoms with van der Waals surface area (Å²) in [6.45, 7) is 5.52. The van der Waals surface area contributed by atoms with Crippen LogP contribution in [-0.4, -0.2) is 116 Å². The number of hydrogen-bond acceptors (Lipinski definition) is 14. The van der Waals surface area contributed by atoms with Crippen molar-refractivity contribution in [1.29, 1.82) is 0 Å². The monoisotopic (exact) mass is 766 g/mol. The largest absolute Gasteiger partial charge is 0.573 e. The number of aliphatic hydroxyl groups excluding tert-OH is 1. The number of carbonyl (C=O) groups excluding carboxylic acids is 3. The summed E-state index contributed by atoms with van der Waals surface area (Å²) >= 11 is 0. The molecule has 2 aliphatic rings. The molecule has 2 saturated heterocycles. The lowest BCUT2D eigenvalue weighted by Gasteiger charge is -2.43. The second-order valence-electron chi connectivity index (χ2n) is 12.2. The molecule has 51 heavy (non-hydrogen) atoms. The van der Waals surface area contributed by atoms with Gasteiger partial charge in [0, 0.05) is 33.0 Å². The summed E-state index contributed by atoms with van der Waals surface area (Å²) in [7, 11) is -2.02. The fourth-order valence-electron chi connectivity index (χ4n) is 4.85. The molecule has 288 valence electrons. The van der Waals surface area contributed by atoms with Crippen LogP contribution in [0.4, 0.5) is 26.3 Å². The molecule has 8 atom stereocenters. The number of alkyl halides is 6. The summed E-state index contributed by atoms with van der Waals surface area (Å²) in [5.74, 6) is -4.68. The molecule has 2 aliphatic heterocycles. The van der Waals surface area contributed by atoms with Gasteiger partial charge >= 0.3 is 36.1 Å². The molecule has 2 fully saturated rings. The number of amides is 1. The molecule has 1 aromatic heterocycles. The Morgan fingerprint density at radius 2 is 1.69 bits per heavy atom. The first-order valence-electron chi connectivity index (χ1n) is 15.0. The molecule has 3 N–H and O–H groups in total. The predicted octanol–water partition coefficient (Wildman–Crippen LogP) is 0.753. The quantitative estimate of drug-likeness (QED) is 0.0832. The minimum absolute atomic E-state index is 0.0167. The average Bonchev–Trinajstić information content (AvgIpc) is 3.34. The molecule has 0 aliphatic carbocycles. The van der Waals surface area contributed by atoms with Crippen molar-refractivity contribution in [3.8, 4) is 0 Å². The van der Waals surface area contributed by atoms with Crippen LogP contribution in [0.3, 0.4) is 0 Å². The van der Waals surface area contributed by atoms with Crippen LogP contribution in [0, 0.1) is 0 Å². The standard InChI is InChI=1S/C27H36F6N4O13Si/c1-12(38)47-20-16(7-34-24(42)26(28,29)30)50-23(19(21(20)48-13(2)39)35-11-45-27(31,32)33)44-9-14-8-37(25(43)36-22(14)41)18-6-15(40)17(49-18)10-46-51(3,4)5/h8,11,15-21,23,40H,6-7,9-10H2,1-5H3,(H,34,42)(H,36,41,43)/t15-,16-,17-,18-,19-,20-,21-,23-/m1/s1. The van der Waals surface area contributed by atoms with Crippen LogP contribution < -0.4 is 16.6 Å². The summed E-state index contributed by atoms with van der Waals surface area (Å²) in [4.78, 5) is 66.6. The number of nitrogens with zero attached hydrogens (tertiary/aromatic N) is 2. The lowest BCUT2D eigenvalue weighted by Crippen LogP contribution is -2.62. The third-order valence-electron chi connectivity index (χ3n) is 7.00. The van der Waals surface area contributed by atoms with E-state index in [0.717, 1.165) is 24.6 Å². The van der Waals surface area contributed by atoms with Gasteiger partial charge in [-0.15, -0.1) is 13.2 Å². The van der Waals surface area contributed by atoms with Crippen LogP contribution in [0.5, 0.6) is 0 Å². The van der Waals surface area contributed by atoms with E-state index in [4.69, 9.17) is 28.1 Å². The first-order valence-corrected chi connectivity index (χ1v) is 18.4. The highest BCUT2D eigenvalue weighted by atomic mass is 28.4. The number of esters is 2. The Balaban J connectivity index is 1.97. The van der Waals surface area contributed by atoms with E-state index in [1.807, 2.05) is 24.6 Å². The number of H-pyrrole nitrogens is 1. The number of aromatic nitrogens is 2. The van der Waals surface area contributed by atoms with E-state index in [1.54, 1.807) is 0 Å². The maximum atomic E-state index is 12.9. The van der Waals surface area contributed by atoms with Gasteiger partial charge in [0.2, 0.25) is 0 Å². The van der Waals surface area contributed by atoms with Crippen LogP contribution in [0.1, 0.15) is 32.1 Å². The SMILES string of the molecule is CC(=O)O[C@@H]1[C@@H](N=COC(F)(F)F)[C@H](OCc2cn([C@H]3C[C@@H](O)[C@@H](CO[Si](C)(C)C)O3)c(=O)[nH]c2=O)O[C@H](CNC(=O)C(F)(F)F)[C@H]1OC(C)=O. The summed E-state index contributed by atoms with van der Waals surface area (Å²) < 4.78 is 115.